The van der Waals surface area contributed by atoms with Gasteiger partial charge in [0.05, 0.1) is 23.9 Å². The number of aryl methyl sites for hydroxylation is 1. The number of hydrogen-bond acceptors (Lipinski definition) is 4. The fourth-order valence-corrected chi connectivity index (χ4v) is 4.42. The van der Waals surface area contributed by atoms with E-state index in [4.69, 9.17) is 39.2 Å². The van der Waals surface area contributed by atoms with Gasteiger partial charge in [0.1, 0.15) is 0 Å². The van der Waals surface area contributed by atoms with E-state index in [1.54, 1.807) is 12.1 Å². The van der Waals surface area contributed by atoms with Crippen LogP contribution in [0, 0.1) is 18.3 Å². The molecule has 2 heterocycles. The zero-order valence-electron chi connectivity index (χ0n) is 16.6. The molecule has 0 saturated carbocycles. The summed E-state index contributed by atoms with van der Waals surface area (Å²) in [6, 6.07) is 7.50. The highest BCUT2D eigenvalue weighted by molar-refractivity contribution is 6.36. The molecule has 0 radical (unpaired) electrons. The van der Waals surface area contributed by atoms with Crippen molar-refractivity contribution in [3.05, 3.63) is 50.8 Å². The summed E-state index contributed by atoms with van der Waals surface area (Å²) in [4.78, 5) is 20.0. The second-order valence-corrected chi connectivity index (χ2v) is 8.23. The molecule has 0 unspecified atom stereocenters. The largest absolute Gasteiger partial charge is 0.330 e. The number of halogens is 2. The molecule has 3 rings (SSSR count). The van der Waals surface area contributed by atoms with Gasteiger partial charge in [0.15, 0.2) is 0 Å². The highest BCUT2D eigenvalue weighted by Gasteiger charge is 2.36. The standard InChI is InChI=1S/C22H24Cl2N4O/c1-13(6-4-3-5-9-25)28-12-19-21(22(28)29)20(17(11-26)14(2)27-19)16-8-7-15(23)10-18(16)24/h7-8,10,13H,3-6,11-12,26H2,1-2H3/t13-/m0/s1. The fraction of sp³-hybridized carbons (Fsp3) is 0.409. The Bertz CT molecular complexity index is 984. The van der Waals surface area contributed by atoms with Gasteiger partial charge in [0.2, 0.25) is 0 Å². The Balaban J connectivity index is 2.02. The van der Waals surface area contributed by atoms with Gasteiger partial charge in [-0.1, -0.05) is 35.7 Å². The summed E-state index contributed by atoms with van der Waals surface area (Å²) in [5.41, 5.74) is 10.5. The van der Waals surface area contributed by atoms with E-state index < -0.39 is 0 Å². The lowest BCUT2D eigenvalue weighted by atomic mass is 9.93. The van der Waals surface area contributed by atoms with Crippen LogP contribution in [-0.2, 0) is 13.1 Å². The lowest BCUT2D eigenvalue weighted by Gasteiger charge is -2.24. The lowest BCUT2D eigenvalue weighted by molar-refractivity contribution is 0.0707. The van der Waals surface area contributed by atoms with Gasteiger partial charge >= 0.3 is 0 Å². The topological polar surface area (TPSA) is 83.0 Å². The molecule has 7 heteroatoms. The van der Waals surface area contributed by atoms with Gasteiger partial charge in [-0.15, -0.1) is 0 Å². The Morgan fingerprint density at radius 1 is 1.31 bits per heavy atom. The van der Waals surface area contributed by atoms with E-state index in [0.717, 1.165) is 47.3 Å². The molecule has 152 valence electrons. The van der Waals surface area contributed by atoms with E-state index in [1.165, 1.54) is 0 Å². The summed E-state index contributed by atoms with van der Waals surface area (Å²) in [5.74, 6) is -0.0454. The van der Waals surface area contributed by atoms with Crippen molar-refractivity contribution in [2.75, 3.05) is 0 Å². The number of aromatic nitrogens is 1. The van der Waals surface area contributed by atoms with Crippen LogP contribution in [0.2, 0.25) is 10.0 Å². The molecular formula is C22H24Cl2N4O. The van der Waals surface area contributed by atoms with Crippen molar-refractivity contribution in [2.24, 2.45) is 5.73 Å². The number of hydrogen-bond donors (Lipinski definition) is 1. The third-order valence-corrected chi connectivity index (χ3v) is 6.02. The van der Waals surface area contributed by atoms with Crippen molar-refractivity contribution in [3.63, 3.8) is 0 Å². The van der Waals surface area contributed by atoms with Crippen LogP contribution >= 0.6 is 23.2 Å². The molecule has 0 spiro atoms. The number of carbonyl (C=O) groups is 1. The van der Waals surface area contributed by atoms with Crippen molar-refractivity contribution in [1.82, 2.24) is 9.88 Å². The zero-order valence-corrected chi connectivity index (χ0v) is 18.1. The molecule has 0 saturated heterocycles. The van der Waals surface area contributed by atoms with Crippen LogP contribution < -0.4 is 5.73 Å². The zero-order chi connectivity index (χ0) is 21.1. The van der Waals surface area contributed by atoms with Crippen LogP contribution in [0.3, 0.4) is 0 Å². The molecule has 29 heavy (non-hydrogen) atoms. The molecule has 2 aromatic rings. The minimum Gasteiger partial charge on any atom is -0.330 e. The normalized spacial score (nSPS) is 14.1. The van der Waals surface area contributed by atoms with Gasteiger partial charge in [-0.2, -0.15) is 5.26 Å². The van der Waals surface area contributed by atoms with Crippen LogP contribution in [0.5, 0.6) is 0 Å². The maximum absolute atomic E-state index is 13.4. The summed E-state index contributed by atoms with van der Waals surface area (Å²) in [7, 11) is 0. The minimum absolute atomic E-state index is 0.0454. The van der Waals surface area contributed by atoms with Gasteiger partial charge < -0.3 is 10.6 Å². The quantitative estimate of drug-likeness (QED) is 0.607. The van der Waals surface area contributed by atoms with E-state index in [-0.39, 0.29) is 18.5 Å². The van der Waals surface area contributed by atoms with Crippen molar-refractivity contribution in [3.8, 4) is 17.2 Å². The Labute approximate surface area is 181 Å². The molecule has 1 atom stereocenters. The molecule has 2 N–H and O–H groups in total. The number of amides is 1. The lowest BCUT2D eigenvalue weighted by Crippen LogP contribution is -2.33. The maximum atomic E-state index is 13.4. The number of carbonyl (C=O) groups excluding carboxylic acids is 1. The maximum Gasteiger partial charge on any atom is 0.257 e. The summed E-state index contributed by atoms with van der Waals surface area (Å²) in [5, 5.41) is 9.72. The molecule has 0 aliphatic carbocycles. The average Bonchev–Trinajstić information content (AvgIpc) is 3.00. The van der Waals surface area contributed by atoms with Crippen molar-refractivity contribution in [1.29, 1.82) is 5.26 Å². The summed E-state index contributed by atoms with van der Waals surface area (Å²) in [6.07, 6.45) is 3.14. The number of unbranched alkanes of at least 4 members (excludes halogenated alkanes) is 2. The predicted octanol–water partition coefficient (Wildman–Crippen LogP) is 5.25. The van der Waals surface area contributed by atoms with Gasteiger partial charge in [0, 0.05) is 45.9 Å². The molecule has 1 aliphatic rings. The summed E-state index contributed by atoms with van der Waals surface area (Å²) >= 11 is 12.6. The highest BCUT2D eigenvalue weighted by Crippen LogP contribution is 2.40. The SMILES string of the molecule is Cc1nc2c(c(-c3ccc(Cl)cc3Cl)c1CN)C(=O)N([C@@H](C)CCCCC#N)C2. The Morgan fingerprint density at radius 2 is 2.07 bits per heavy atom. The van der Waals surface area contributed by atoms with Crippen LogP contribution in [0.1, 0.15) is 59.9 Å². The third-order valence-electron chi connectivity index (χ3n) is 5.47. The van der Waals surface area contributed by atoms with Crippen LogP contribution in [0.25, 0.3) is 11.1 Å². The highest BCUT2D eigenvalue weighted by atomic mass is 35.5. The number of nitriles is 1. The number of nitrogens with two attached hydrogens (primary N) is 1. The number of nitrogens with zero attached hydrogens (tertiary/aromatic N) is 3. The second-order valence-electron chi connectivity index (χ2n) is 7.39. The third kappa shape index (κ3) is 4.25. The smallest absolute Gasteiger partial charge is 0.257 e. The van der Waals surface area contributed by atoms with Gasteiger partial charge in [-0.05, 0) is 44.4 Å². The Hall–Kier alpha value is -2.13. The van der Waals surface area contributed by atoms with E-state index in [2.05, 4.69) is 6.07 Å². The van der Waals surface area contributed by atoms with Crippen LogP contribution in [0.4, 0.5) is 0 Å². The van der Waals surface area contributed by atoms with Gasteiger partial charge in [-0.3, -0.25) is 9.78 Å². The van der Waals surface area contributed by atoms with Crippen molar-refractivity contribution >= 4 is 29.1 Å². The number of fused-ring (bicyclic) bond motifs is 1. The minimum atomic E-state index is -0.0454. The molecule has 5 nitrogen and oxygen atoms in total. The first-order chi connectivity index (χ1) is 13.9. The van der Waals surface area contributed by atoms with Crippen LogP contribution in [-0.4, -0.2) is 21.8 Å². The van der Waals surface area contributed by atoms with E-state index in [1.807, 2.05) is 24.8 Å². The number of pyridine rings is 1. The number of benzene rings is 1. The molecule has 0 bridgehead atoms. The molecule has 1 aliphatic heterocycles. The fourth-order valence-electron chi connectivity index (χ4n) is 3.92. The molecule has 0 fully saturated rings. The predicted molar refractivity (Wildman–Crippen MR) is 116 cm³/mol. The first-order valence-electron chi connectivity index (χ1n) is 9.74. The number of rotatable bonds is 7. The van der Waals surface area contributed by atoms with Gasteiger partial charge in [0.25, 0.3) is 5.91 Å². The average molecular weight is 431 g/mol. The van der Waals surface area contributed by atoms with Gasteiger partial charge in [-0.25, -0.2) is 0 Å². The monoisotopic (exact) mass is 430 g/mol. The summed E-state index contributed by atoms with van der Waals surface area (Å²) in [6.45, 7) is 4.69. The molecule has 1 aromatic heterocycles. The van der Waals surface area contributed by atoms with Crippen LogP contribution in [0.15, 0.2) is 18.2 Å². The summed E-state index contributed by atoms with van der Waals surface area (Å²) < 4.78 is 0. The molecular weight excluding hydrogens is 407 g/mol. The van der Waals surface area contributed by atoms with Crippen molar-refractivity contribution in [2.45, 2.75) is 58.7 Å². The molecule has 1 amide bonds. The van der Waals surface area contributed by atoms with E-state index >= 15 is 0 Å². The first-order valence-corrected chi connectivity index (χ1v) is 10.5. The van der Waals surface area contributed by atoms with E-state index in [0.29, 0.717) is 28.6 Å². The Morgan fingerprint density at radius 3 is 2.72 bits per heavy atom. The first kappa shape index (κ1) is 21.6. The van der Waals surface area contributed by atoms with Crippen molar-refractivity contribution < 1.29 is 4.79 Å². The Kier molecular flexibility index (Phi) is 6.79. The molecule has 1 aromatic carbocycles. The second kappa shape index (κ2) is 9.13. The van der Waals surface area contributed by atoms with E-state index in [9.17, 15) is 4.79 Å².